The van der Waals surface area contributed by atoms with Gasteiger partial charge in [0.05, 0.1) is 22.0 Å². The molecule has 0 spiro atoms. The minimum absolute atomic E-state index is 0.253. The minimum atomic E-state index is -0.505. The molecule has 114 valence electrons. The number of hydrogen-bond donors (Lipinski definition) is 1. The van der Waals surface area contributed by atoms with Crippen LogP contribution in [0.25, 0.3) is 0 Å². The topological polar surface area (TPSA) is 38.0 Å². The second-order valence-corrected chi connectivity index (χ2v) is 6.70. The fraction of sp³-hybridized carbons (Fsp3) is 0.400. The molecule has 0 fully saturated rings. The number of nitrogens with zero attached hydrogens (tertiary/aromatic N) is 2. The van der Waals surface area contributed by atoms with Gasteiger partial charge in [-0.1, -0.05) is 13.0 Å². The molecule has 6 heteroatoms. The number of aliphatic hydroxyl groups is 1. The summed E-state index contributed by atoms with van der Waals surface area (Å²) in [6.45, 7) is 2.05. The van der Waals surface area contributed by atoms with Crippen LogP contribution in [-0.4, -0.2) is 26.7 Å². The maximum Gasteiger partial charge on any atom is 0.124 e. The number of rotatable bonds is 6. The zero-order valence-corrected chi connectivity index (χ0v) is 14.4. The van der Waals surface area contributed by atoms with Crippen molar-refractivity contribution in [3.63, 3.8) is 0 Å². The van der Waals surface area contributed by atoms with E-state index in [1.165, 1.54) is 23.9 Å². The first kappa shape index (κ1) is 16.5. The van der Waals surface area contributed by atoms with Crippen molar-refractivity contribution in [1.29, 1.82) is 0 Å². The number of aliphatic hydroxyl groups excluding tert-OH is 1. The van der Waals surface area contributed by atoms with Crippen molar-refractivity contribution < 1.29 is 9.50 Å². The van der Waals surface area contributed by atoms with E-state index in [4.69, 9.17) is 0 Å². The molecule has 1 heterocycles. The van der Waals surface area contributed by atoms with Gasteiger partial charge in [-0.05, 0) is 40.5 Å². The number of benzene rings is 1. The average Bonchev–Trinajstić information content (AvgIpc) is 2.72. The molecule has 1 N–H and O–H groups in total. The molecule has 0 aliphatic carbocycles. The van der Waals surface area contributed by atoms with Gasteiger partial charge in [0, 0.05) is 24.1 Å². The van der Waals surface area contributed by atoms with Gasteiger partial charge < -0.3 is 5.11 Å². The maximum absolute atomic E-state index is 13.1. The van der Waals surface area contributed by atoms with E-state index in [0.717, 1.165) is 27.2 Å². The lowest BCUT2D eigenvalue weighted by Gasteiger charge is -2.11. The van der Waals surface area contributed by atoms with Crippen LogP contribution in [-0.2, 0) is 19.9 Å². The summed E-state index contributed by atoms with van der Waals surface area (Å²) in [5, 5.41) is 14.6. The summed E-state index contributed by atoms with van der Waals surface area (Å²) < 4.78 is 15.9. The molecule has 3 nitrogen and oxygen atoms in total. The Bertz CT molecular complexity index is 618. The minimum Gasteiger partial charge on any atom is -0.392 e. The smallest absolute Gasteiger partial charge is 0.124 e. The van der Waals surface area contributed by atoms with Gasteiger partial charge in [0.15, 0.2) is 0 Å². The van der Waals surface area contributed by atoms with Crippen LogP contribution in [0.3, 0.4) is 0 Å². The van der Waals surface area contributed by atoms with Crippen molar-refractivity contribution in [2.75, 3.05) is 5.75 Å². The fourth-order valence-corrected chi connectivity index (χ4v) is 3.72. The van der Waals surface area contributed by atoms with Crippen LogP contribution in [0.1, 0.15) is 18.3 Å². The van der Waals surface area contributed by atoms with Gasteiger partial charge >= 0.3 is 0 Å². The Labute approximate surface area is 136 Å². The molecule has 2 rings (SSSR count). The van der Waals surface area contributed by atoms with Crippen molar-refractivity contribution in [3.8, 4) is 0 Å². The third-order valence-electron chi connectivity index (χ3n) is 3.17. The van der Waals surface area contributed by atoms with E-state index < -0.39 is 6.10 Å². The predicted molar refractivity (Wildman–Crippen MR) is 87.1 cm³/mol. The van der Waals surface area contributed by atoms with Crippen LogP contribution >= 0.6 is 27.7 Å². The van der Waals surface area contributed by atoms with Crippen LogP contribution < -0.4 is 0 Å². The van der Waals surface area contributed by atoms with Gasteiger partial charge in [0.25, 0.3) is 0 Å². The van der Waals surface area contributed by atoms with Gasteiger partial charge in [0.1, 0.15) is 5.82 Å². The highest BCUT2D eigenvalue weighted by Crippen LogP contribution is 2.25. The first-order valence-corrected chi connectivity index (χ1v) is 8.55. The standard InChI is InChI=1S/C15H18BrFN2OS/c1-3-13-15(16)14(19(2)18-13)8-11(20)9-21-12-6-4-5-10(17)7-12/h4-7,11,20H,3,8-9H2,1-2H3. The average molecular weight is 373 g/mol. The Morgan fingerprint density at radius 3 is 2.86 bits per heavy atom. The molecule has 0 bridgehead atoms. The van der Waals surface area contributed by atoms with Gasteiger partial charge in [-0.3, -0.25) is 4.68 Å². The number of aromatic nitrogens is 2. The van der Waals surface area contributed by atoms with Crippen LogP contribution in [0.4, 0.5) is 4.39 Å². The largest absolute Gasteiger partial charge is 0.392 e. The Morgan fingerprint density at radius 2 is 2.24 bits per heavy atom. The SMILES string of the molecule is CCc1nn(C)c(CC(O)CSc2cccc(F)c2)c1Br. The highest BCUT2D eigenvalue weighted by atomic mass is 79.9. The predicted octanol–water partition coefficient (Wildman–Crippen LogP) is 3.58. The first-order valence-electron chi connectivity index (χ1n) is 6.78. The van der Waals surface area contributed by atoms with Gasteiger partial charge in [-0.15, -0.1) is 11.8 Å². The number of thioether (sulfide) groups is 1. The fourth-order valence-electron chi connectivity index (χ4n) is 2.07. The summed E-state index contributed by atoms with van der Waals surface area (Å²) in [7, 11) is 1.88. The van der Waals surface area contributed by atoms with E-state index in [2.05, 4.69) is 21.0 Å². The number of aryl methyl sites for hydroxylation is 2. The summed E-state index contributed by atoms with van der Waals surface area (Å²) >= 11 is 5.00. The zero-order valence-electron chi connectivity index (χ0n) is 12.0. The summed E-state index contributed by atoms with van der Waals surface area (Å²) in [4.78, 5) is 0.826. The van der Waals surface area contributed by atoms with E-state index in [0.29, 0.717) is 12.2 Å². The highest BCUT2D eigenvalue weighted by molar-refractivity contribution is 9.10. The first-order chi connectivity index (χ1) is 10.0. The van der Waals surface area contributed by atoms with Crippen LogP contribution in [0.15, 0.2) is 33.6 Å². The molecule has 1 aromatic heterocycles. The van der Waals surface area contributed by atoms with Crippen molar-refractivity contribution in [2.24, 2.45) is 7.05 Å². The molecule has 0 aliphatic rings. The van der Waals surface area contributed by atoms with Gasteiger partial charge in [0.2, 0.25) is 0 Å². The highest BCUT2D eigenvalue weighted by Gasteiger charge is 2.16. The number of hydrogen-bond acceptors (Lipinski definition) is 3. The van der Waals surface area contributed by atoms with Crippen LogP contribution in [0.5, 0.6) is 0 Å². The monoisotopic (exact) mass is 372 g/mol. The van der Waals surface area contributed by atoms with Gasteiger partial charge in [-0.2, -0.15) is 5.10 Å². The van der Waals surface area contributed by atoms with E-state index in [9.17, 15) is 9.50 Å². The Morgan fingerprint density at radius 1 is 1.48 bits per heavy atom. The van der Waals surface area contributed by atoms with E-state index in [-0.39, 0.29) is 5.82 Å². The lowest BCUT2D eigenvalue weighted by molar-refractivity contribution is 0.197. The molecule has 0 radical (unpaired) electrons. The van der Waals surface area contributed by atoms with Crippen LogP contribution in [0.2, 0.25) is 0 Å². The molecule has 1 unspecified atom stereocenters. The van der Waals surface area contributed by atoms with E-state index >= 15 is 0 Å². The molecule has 0 saturated heterocycles. The summed E-state index contributed by atoms with van der Waals surface area (Å²) in [5.41, 5.74) is 1.98. The molecule has 0 aliphatic heterocycles. The van der Waals surface area contributed by atoms with Crippen molar-refractivity contribution in [3.05, 3.63) is 45.9 Å². The lowest BCUT2D eigenvalue weighted by Crippen LogP contribution is -2.16. The molecule has 1 aromatic carbocycles. The van der Waals surface area contributed by atoms with Crippen molar-refractivity contribution in [2.45, 2.75) is 30.8 Å². The molecule has 1 atom stereocenters. The third kappa shape index (κ3) is 4.31. The van der Waals surface area contributed by atoms with Crippen molar-refractivity contribution in [1.82, 2.24) is 9.78 Å². The Hall–Kier alpha value is -0.850. The molecule has 0 saturated carbocycles. The molecule has 2 aromatic rings. The van der Waals surface area contributed by atoms with E-state index in [1.54, 1.807) is 10.7 Å². The molecular weight excluding hydrogens is 355 g/mol. The summed E-state index contributed by atoms with van der Waals surface area (Å²) in [6.07, 6.45) is 0.865. The summed E-state index contributed by atoms with van der Waals surface area (Å²) in [6, 6.07) is 6.41. The second kappa shape index (κ2) is 7.42. The molecular formula is C15H18BrFN2OS. The normalized spacial score (nSPS) is 12.6. The van der Waals surface area contributed by atoms with Crippen molar-refractivity contribution >= 4 is 27.7 Å². The van der Waals surface area contributed by atoms with Crippen LogP contribution in [0, 0.1) is 5.82 Å². The Balaban J connectivity index is 1.96. The van der Waals surface area contributed by atoms with Gasteiger partial charge in [-0.25, -0.2) is 4.39 Å². The maximum atomic E-state index is 13.1. The number of halogens is 2. The molecule has 21 heavy (non-hydrogen) atoms. The third-order valence-corrected chi connectivity index (χ3v) is 5.22. The lowest BCUT2D eigenvalue weighted by atomic mass is 10.2. The molecule has 0 amide bonds. The summed E-state index contributed by atoms with van der Waals surface area (Å²) in [5.74, 6) is 0.263. The Kier molecular flexibility index (Phi) is 5.84. The van der Waals surface area contributed by atoms with E-state index in [1.807, 2.05) is 20.0 Å². The second-order valence-electron chi connectivity index (χ2n) is 4.81. The zero-order chi connectivity index (χ0) is 15.4. The quantitative estimate of drug-likeness (QED) is 0.787.